The van der Waals surface area contributed by atoms with Crippen molar-refractivity contribution >= 4 is 11.5 Å². The summed E-state index contributed by atoms with van der Waals surface area (Å²) < 4.78 is 44.7. The molecule has 0 aliphatic carbocycles. The van der Waals surface area contributed by atoms with Gasteiger partial charge in [-0.1, -0.05) is 36.4 Å². The van der Waals surface area contributed by atoms with Crippen molar-refractivity contribution in [1.82, 2.24) is 9.88 Å². The minimum atomic E-state index is -4.31. The highest BCUT2D eigenvalue weighted by atomic mass is 19.4. The van der Waals surface area contributed by atoms with Gasteiger partial charge in [-0.05, 0) is 37.6 Å². The highest BCUT2D eigenvalue weighted by Crippen LogP contribution is 2.32. The van der Waals surface area contributed by atoms with Gasteiger partial charge in [0.05, 0.1) is 5.56 Å². The first kappa shape index (κ1) is 22.2. The van der Waals surface area contributed by atoms with Crippen LogP contribution in [0.3, 0.4) is 0 Å². The van der Waals surface area contributed by atoms with Crippen molar-refractivity contribution in [2.75, 3.05) is 43.4 Å². The molecule has 1 aliphatic rings. The molecule has 4 rings (SSSR count). The van der Waals surface area contributed by atoms with Gasteiger partial charge in [0.25, 0.3) is 0 Å². The Balaban J connectivity index is 1.21. The lowest BCUT2D eigenvalue weighted by Gasteiger charge is -2.36. The number of aromatic nitrogens is 1. The second-order valence-electron chi connectivity index (χ2n) is 8.02. The zero-order valence-corrected chi connectivity index (χ0v) is 17.8. The van der Waals surface area contributed by atoms with Crippen LogP contribution in [-0.4, -0.2) is 42.6 Å². The number of unbranched alkanes of at least 4 members (excludes halogenated alkanes) is 1. The summed E-state index contributed by atoms with van der Waals surface area (Å²) in [5.74, 6) is 1.68. The van der Waals surface area contributed by atoms with E-state index in [9.17, 15) is 13.2 Å². The first-order valence-electron chi connectivity index (χ1n) is 10.9. The molecule has 32 heavy (non-hydrogen) atoms. The summed E-state index contributed by atoms with van der Waals surface area (Å²) in [6.45, 7) is 4.05. The van der Waals surface area contributed by atoms with Crippen LogP contribution in [-0.2, 0) is 12.6 Å². The van der Waals surface area contributed by atoms with Crippen molar-refractivity contribution in [3.05, 3.63) is 66.1 Å². The molecule has 2 N–H and O–H groups in total. The van der Waals surface area contributed by atoms with Gasteiger partial charge in [-0.15, -0.1) is 0 Å². The van der Waals surface area contributed by atoms with Crippen LogP contribution in [0.4, 0.5) is 24.7 Å². The molecule has 5 nitrogen and oxygen atoms in total. The minimum Gasteiger partial charge on any atom is -0.438 e. The Morgan fingerprint density at radius 1 is 0.938 bits per heavy atom. The maximum atomic E-state index is 13.0. The number of oxazole rings is 1. The highest BCUT2D eigenvalue weighted by molar-refractivity contribution is 5.67. The molecule has 0 radical (unpaired) electrons. The number of alkyl halides is 3. The van der Waals surface area contributed by atoms with Crippen LogP contribution >= 0.6 is 0 Å². The molecule has 1 fully saturated rings. The first-order valence-corrected chi connectivity index (χ1v) is 10.9. The third-order valence-electron chi connectivity index (χ3n) is 5.76. The Kier molecular flexibility index (Phi) is 6.69. The molecule has 2 aromatic carbocycles. The van der Waals surface area contributed by atoms with Crippen molar-refractivity contribution in [3.8, 4) is 11.3 Å². The number of anilines is 2. The summed E-state index contributed by atoms with van der Waals surface area (Å²) in [4.78, 5) is 8.72. The number of nitrogens with zero attached hydrogens (tertiary/aromatic N) is 3. The summed E-state index contributed by atoms with van der Waals surface area (Å²) in [6, 6.07) is 15.3. The molecule has 1 aromatic heterocycles. The van der Waals surface area contributed by atoms with E-state index in [0.29, 0.717) is 23.2 Å². The van der Waals surface area contributed by atoms with Crippen LogP contribution in [0, 0.1) is 0 Å². The van der Waals surface area contributed by atoms with Crippen LogP contribution in [0.1, 0.15) is 24.3 Å². The molecule has 0 bridgehead atoms. The molecular weight excluding hydrogens is 417 g/mol. The quantitative estimate of drug-likeness (QED) is 0.515. The van der Waals surface area contributed by atoms with E-state index in [1.807, 2.05) is 35.2 Å². The molecule has 2 heterocycles. The van der Waals surface area contributed by atoms with E-state index in [2.05, 4.69) is 9.88 Å². The van der Waals surface area contributed by atoms with Gasteiger partial charge < -0.3 is 15.1 Å². The van der Waals surface area contributed by atoms with Crippen molar-refractivity contribution < 1.29 is 17.6 Å². The molecule has 0 saturated carbocycles. The number of halogens is 3. The summed E-state index contributed by atoms with van der Waals surface area (Å²) >= 11 is 0. The molecule has 8 heteroatoms. The van der Waals surface area contributed by atoms with E-state index in [1.54, 1.807) is 6.07 Å². The predicted molar refractivity (Wildman–Crippen MR) is 119 cm³/mol. The molecule has 0 unspecified atom stereocenters. The van der Waals surface area contributed by atoms with Crippen LogP contribution in [0.2, 0.25) is 0 Å². The molecular formula is C24H27F3N4O. The fourth-order valence-electron chi connectivity index (χ4n) is 4.00. The van der Waals surface area contributed by atoms with Gasteiger partial charge >= 0.3 is 6.18 Å². The Morgan fingerprint density at radius 2 is 1.69 bits per heavy atom. The number of aryl methyl sites for hydroxylation is 1. The maximum Gasteiger partial charge on any atom is 0.416 e. The van der Waals surface area contributed by atoms with E-state index in [4.69, 9.17) is 10.2 Å². The number of hydrogen-bond donors (Lipinski definition) is 1. The SMILES string of the molecule is Nc1nc(CCCCN2CCN(c3cccc(C(F)(F)F)c3)CC2)oc1-c1ccccc1. The second kappa shape index (κ2) is 9.65. The van der Waals surface area contributed by atoms with Crippen LogP contribution < -0.4 is 10.6 Å². The van der Waals surface area contributed by atoms with Gasteiger partial charge in [-0.25, -0.2) is 0 Å². The number of nitrogen functional groups attached to an aromatic ring is 1. The summed E-state index contributed by atoms with van der Waals surface area (Å²) in [7, 11) is 0. The molecule has 3 aromatic rings. The Labute approximate surface area is 185 Å². The van der Waals surface area contributed by atoms with E-state index in [0.717, 1.165) is 63.6 Å². The van der Waals surface area contributed by atoms with Crippen molar-refractivity contribution in [2.24, 2.45) is 0 Å². The largest absolute Gasteiger partial charge is 0.438 e. The number of nitrogens with two attached hydrogens (primary N) is 1. The number of hydrogen-bond acceptors (Lipinski definition) is 5. The molecule has 0 spiro atoms. The van der Waals surface area contributed by atoms with Gasteiger partial charge in [-0.3, -0.25) is 4.90 Å². The number of benzene rings is 2. The van der Waals surface area contributed by atoms with E-state index < -0.39 is 11.7 Å². The summed E-state index contributed by atoms with van der Waals surface area (Å²) in [5, 5.41) is 0. The van der Waals surface area contributed by atoms with Crippen molar-refractivity contribution in [2.45, 2.75) is 25.4 Å². The predicted octanol–water partition coefficient (Wildman–Crippen LogP) is 5.09. The topological polar surface area (TPSA) is 58.5 Å². The normalized spacial score (nSPS) is 15.3. The number of rotatable bonds is 7. The lowest BCUT2D eigenvalue weighted by molar-refractivity contribution is -0.137. The van der Waals surface area contributed by atoms with Gasteiger partial charge in [0.15, 0.2) is 17.5 Å². The van der Waals surface area contributed by atoms with Gasteiger partial charge in [0.1, 0.15) is 0 Å². The van der Waals surface area contributed by atoms with Gasteiger partial charge in [0, 0.05) is 43.9 Å². The van der Waals surface area contributed by atoms with Gasteiger partial charge in [-0.2, -0.15) is 18.2 Å². The monoisotopic (exact) mass is 444 g/mol. The molecule has 1 aliphatic heterocycles. The average Bonchev–Trinajstić information content (AvgIpc) is 3.17. The highest BCUT2D eigenvalue weighted by Gasteiger charge is 2.31. The molecule has 1 saturated heterocycles. The zero-order chi connectivity index (χ0) is 22.6. The van der Waals surface area contributed by atoms with Crippen molar-refractivity contribution in [3.63, 3.8) is 0 Å². The number of piperazine rings is 1. The average molecular weight is 445 g/mol. The fourth-order valence-corrected chi connectivity index (χ4v) is 4.00. The minimum absolute atomic E-state index is 0.414. The molecule has 0 amide bonds. The summed E-state index contributed by atoms with van der Waals surface area (Å²) in [6.07, 6.45) is -1.66. The fraction of sp³-hybridized carbons (Fsp3) is 0.375. The maximum absolute atomic E-state index is 13.0. The van der Waals surface area contributed by atoms with Crippen LogP contribution in [0.15, 0.2) is 59.0 Å². The van der Waals surface area contributed by atoms with Crippen molar-refractivity contribution in [1.29, 1.82) is 0 Å². The molecule has 0 atom stereocenters. The Morgan fingerprint density at radius 3 is 2.41 bits per heavy atom. The van der Waals surface area contributed by atoms with E-state index in [-0.39, 0.29) is 0 Å². The summed E-state index contributed by atoms with van der Waals surface area (Å²) in [5.41, 5.74) is 6.96. The smallest absolute Gasteiger partial charge is 0.416 e. The molecule has 170 valence electrons. The zero-order valence-electron chi connectivity index (χ0n) is 17.8. The third-order valence-corrected chi connectivity index (χ3v) is 5.76. The van der Waals surface area contributed by atoms with Gasteiger partial charge in [0.2, 0.25) is 0 Å². The first-order chi connectivity index (χ1) is 15.4. The second-order valence-corrected chi connectivity index (χ2v) is 8.02. The van der Waals surface area contributed by atoms with Crippen LogP contribution in [0.25, 0.3) is 11.3 Å². The third kappa shape index (κ3) is 5.43. The lowest BCUT2D eigenvalue weighted by Crippen LogP contribution is -2.46. The standard InChI is InChI=1S/C24H27F3N4O/c25-24(26,27)19-9-6-10-20(17-19)31-15-13-30(14-16-31)12-5-4-11-21-29-23(28)22(32-21)18-7-2-1-3-8-18/h1-3,6-10,17H,4-5,11-16,28H2. The Bertz CT molecular complexity index is 1010. The van der Waals surface area contributed by atoms with E-state index in [1.165, 1.54) is 12.1 Å². The Hall–Kier alpha value is -3.00. The lowest BCUT2D eigenvalue weighted by atomic mass is 10.1. The van der Waals surface area contributed by atoms with E-state index >= 15 is 0 Å². The van der Waals surface area contributed by atoms with Crippen LogP contribution in [0.5, 0.6) is 0 Å².